The minimum Gasteiger partial charge on any atom is -0.363 e. The SMILES string of the molecule is Cc1nc(Cl)c(NCc2cccc(C#N)c2)nc1C. The minimum absolute atomic E-state index is 0.361. The second-order valence-electron chi connectivity index (χ2n) is 4.20. The van der Waals surface area contributed by atoms with Crippen LogP contribution in [0, 0.1) is 25.2 Å². The zero-order valence-corrected chi connectivity index (χ0v) is 11.5. The molecule has 1 aromatic carbocycles. The van der Waals surface area contributed by atoms with Crippen molar-refractivity contribution in [1.82, 2.24) is 9.97 Å². The van der Waals surface area contributed by atoms with Gasteiger partial charge in [-0.2, -0.15) is 5.26 Å². The van der Waals surface area contributed by atoms with E-state index in [9.17, 15) is 0 Å². The molecule has 0 saturated carbocycles. The van der Waals surface area contributed by atoms with Crippen LogP contribution >= 0.6 is 11.6 Å². The summed E-state index contributed by atoms with van der Waals surface area (Å²) in [5.41, 5.74) is 3.30. The van der Waals surface area contributed by atoms with Gasteiger partial charge in [0.2, 0.25) is 0 Å². The topological polar surface area (TPSA) is 61.6 Å². The molecule has 0 fully saturated rings. The number of aromatic nitrogens is 2. The van der Waals surface area contributed by atoms with E-state index in [1.54, 1.807) is 6.07 Å². The molecule has 0 bridgehead atoms. The molecular weight excluding hydrogens is 260 g/mol. The Labute approximate surface area is 117 Å². The Hall–Kier alpha value is -2.12. The second-order valence-corrected chi connectivity index (χ2v) is 4.56. The highest BCUT2D eigenvalue weighted by Gasteiger charge is 2.06. The number of nitrogens with one attached hydrogen (secondary N) is 1. The molecule has 0 saturated heterocycles. The van der Waals surface area contributed by atoms with Crippen molar-refractivity contribution in [3.8, 4) is 6.07 Å². The molecule has 19 heavy (non-hydrogen) atoms. The molecule has 4 nitrogen and oxygen atoms in total. The van der Waals surface area contributed by atoms with Gasteiger partial charge >= 0.3 is 0 Å². The van der Waals surface area contributed by atoms with E-state index in [2.05, 4.69) is 21.4 Å². The number of hydrogen-bond acceptors (Lipinski definition) is 4. The number of hydrogen-bond donors (Lipinski definition) is 1. The molecule has 1 N–H and O–H groups in total. The molecule has 0 spiro atoms. The summed E-state index contributed by atoms with van der Waals surface area (Å²) in [5.74, 6) is 0.562. The molecule has 1 aromatic heterocycles. The smallest absolute Gasteiger partial charge is 0.171 e. The van der Waals surface area contributed by atoms with Gasteiger partial charge in [-0.15, -0.1) is 0 Å². The highest BCUT2D eigenvalue weighted by atomic mass is 35.5. The number of nitriles is 1. The predicted molar refractivity (Wildman–Crippen MR) is 75.0 cm³/mol. The van der Waals surface area contributed by atoms with E-state index in [0.717, 1.165) is 17.0 Å². The summed E-state index contributed by atoms with van der Waals surface area (Å²) in [7, 11) is 0. The first-order valence-corrected chi connectivity index (χ1v) is 6.21. The van der Waals surface area contributed by atoms with Gasteiger partial charge in [0, 0.05) is 6.54 Å². The van der Waals surface area contributed by atoms with Gasteiger partial charge in [0.15, 0.2) is 11.0 Å². The first kappa shape index (κ1) is 13.3. The maximum Gasteiger partial charge on any atom is 0.171 e. The number of aryl methyl sites for hydroxylation is 2. The quantitative estimate of drug-likeness (QED) is 0.932. The van der Waals surface area contributed by atoms with E-state index in [-0.39, 0.29) is 0 Å². The summed E-state index contributed by atoms with van der Waals surface area (Å²) in [6, 6.07) is 9.50. The number of anilines is 1. The summed E-state index contributed by atoms with van der Waals surface area (Å²) in [6.07, 6.45) is 0. The average molecular weight is 273 g/mol. The molecule has 0 aliphatic carbocycles. The summed E-state index contributed by atoms with van der Waals surface area (Å²) in [5, 5.41) is 12.3. The Morgan fingerprint density at radius 2 is 2.00 bits per heavy atom. The number of rotatable bonds is 3. The molecule has 0 radical (unpaired) electrons. The summed E-state index contributed by atoms with van der Waals surface area (Å²) in [6.45, 7) is 4.31. The molecule has 5 heteroatoms. The third-order valence-electron chi connectivity index (χ3n) is 2.78. The largest absolute Gasteiger partial charge is 0.363 e. The fraction of sp³-hybridized carbons (Fsp3) is 0.214. The predicted octanol–water partition coefficient (Wildman–Crippen LogP) is 3.23. The zero-order valence-electron chi connectivity index (χ0n) is 10.7. The van der Waals surface area contributed by atoms with E-state index in [1.807, 2.05) is 32.0 Å². The Morgan fingerprint density at radius 3 is 2.74 bits per heavy atom. The third-order valence-corrected chi connectivity index (χ3v) is 3.04. The van der Waals surface area contributed by atoms with E-state index < -0.39 is 0 Å². The Morgan fingerprint density at radius 1 is 1.26 bits per heavy atom. The fourth-order valence-electron chi connectivity index (χ4n) is 1.62. The van der Waals surface area contributed by atoms with Crippen LogP contribution in [0.4, 0.5) is 5.82 Å². The molecule has 0 amide bonds. The molecule has 0 aliphatic rings. The van der Waals surface area contributed by atoms with Crippen molar-refractivity contribution in [2.24, 2.45) is 0 Å². The van der Waals surface area contributed by atoms with Gasteiger partial charge in [-0.3, -0.25) is 0 Å². The minimum atomic E-state index is 0.361. The van der Waals surface area contributed by atoms with Gasteiger partial charge < -0.3 is 5.32 Å². The number of benzene rings is 1. The standard InChI is InChI=1S/C14H13ClN4/c1-9-10(2)19-14(13(15)18-9)17-8-12-5-3-4-11(6-12)7-16/h3-6H,8H2,1-2H3,(H,17,19). The van der Waals surface area contributed by atoms with Crippen molar-refractivity contribution in [2.75, 3.05) is 5.32 Å². The number of halogens is 1. The zero-order chi connectivity index (χ0) is 13.8. The lowest BCUT2D eigenvalue weighted by Gasteiger charge is -2.09. The maximum atomic E-state index is 8.84. The molecule has 96 valence electrons. The fourth-order valence-corrected chi connectivity index (χ4v) is 1.86. The molecule has 2 rings (SSSR count). The molecule has 0 atom stereocenters. The first-order chi connectivity index (χ1) is 9.10. The van der Waals surface area contributed by atoms with Crippen LogP contribution in [0.2, 0.25) is 5.15 Å². The third kappa shape index (κ3) is 3.21. The van der Waals surface area contributed by atoms with E-state index in [4.69, 9.17) is 16.9 Å². The van der Waals surface area contributed by atoms with Gasteiger partial charge in [0.05, 0.1) is 23.0 Å². The van der Waals surface area contributed by atoms with Crippen molar-refractivity contribution in [3.05, 3.63) is 51.9 Å². The van der Waals surface area contributed by atoms with E-state index >= 15 is 0 Å². The number of nitrogens with zero attached hydrogens (tertiary/aromatic N) is 3. The van der Waals surface area contributed by atoms with Crippen LogP contribution in [-0.2, 0) is 6.54 Å². The van der Waals surface area contributed by atoms with Crippen LogP contribution in [0.25, 0.3) is 0 Å². The average Bonchev–Trinajstić information content (AvgIpc) is 2.41. The normalized spacial score (nSPS) is 10.0. The lowest BCUT2D eigenvalue weighted by atomic mass is 10.1. The van der Waals surface area contributed by atoms with Crippen molar-refractivity contribution in [1.29, 1.82) is 5.26 Å². The molecular formula is C14H13ClN4. The van der Waals surface area contributed by atoms with Crippen LogP contribution in [-0.4, -0.2) is 9.97 Å². The lowest BCUT2D eigenvalue weighted by molar-refractivity contribution is 1.02. The van der Waals surface area contributed by atoms with Crippen molar-refractivity contribution < 1.29 is 0 Å². The van der Waals surface area contributed by atoms with Crippen LogP contribution < -0.4 is 5.32 Å². The van der Waals surface area contributed by atoms with Gasteiger partial charge in [0.1, 0.15) is 0 Å². The van der Waals surface area contributed by atoms with E-state index in [1.165, 1.54) is 0 Å². The van der Waals surface area contributed by atoms with Gasteiger partial charge in [-0.25, -0.2) is 9.97 Å². The summed E-state index contributed by atoms with van der Waals surface area (Å²) >= 11 is 6.04. The van der Waals surface area contributed by atoms with Crippen LogP contribution in [0.5, 0.6) is 0 Å². The Kier molecular flexibility index (Phi) is 3.98. The van der Waals surface area contributed by atoms with Gasteiger partial charge in [-0.05, 0) is 31.5 Å². The Balaban J connectivity index is 2.14. The lowest BCUT2D eigenvalue weighted by Crippen LogP contribution is -2.05. The summed E-state index contributed by atoms with van der Waals surface area (Å²) in [4.78, 5) is 8.57. The Bertz CT molecular complexity index is 646. The van der Waals surface area contributed by atoms with Crippen LogP contribution in [0.15, 0.2) is 24.3 Å². The maximum absolute atomic E-state index is 8.84. The van der Waals surface area contributed by atoms with Gasteiger partial charge in [0.25, 0.3) is 0 Å². The van der Waals surface area contributed by atoms with Crippen LogP contribution in [0.3, 0.4) is 0 Å². The summed E-state index contributed by atoms with van der Waals surface area (Å²) < 4.78 is 0. The molecule has 1 heterocycles. The van der Waals surface area contributed by atoms with Crippen molar-refractivity contribution >= 4 is 17.4 Å². The van der Waals surface area contributed by atoms with Crippen LogP contribution in [0.1, 0.15) is 22.5 Å². The van der Waals surface area contributed by atoms with Gasteiger partial charge in [-0.1, -0.05) is 23.7 Å². The van der Waals surface area contributed by atoms with E-state index in [0.29, 0.717) is 23.1 Å². The molecule has 0 unspecified atom stereocenters. The first-order valence-electron chi connectivity index (χ1n) is 5.84. The monoisotopic (exact) mass is 272 g/mol. The second kappa shape index (κ2) is 5.68. The van der Waals surface area contributed by atoms with Crippen molar-refractivity contribution in [2.45, 2.75) is 20.4 Å². The van der Waals surface area contributed by atoms with Crippen molar-refractivity contribution in [3.63, 3.8) is 0 Å². The molecule has 2 aromatic rings. The highest BCUT2D eigenvalue weighted by Crippen LogP contribution is 2.19. The molecule has 0 aliphatic heterocycles. The highest BCUT2D eigenvalue weighted by molar-refractivity contribution is 6.31.